The first-order chi connectivity index (χ1) is 11.6. The van der Waals surface area contributed by atoms with E-state index in [2.05, 4.69) is 43.1 Å². The minimum atomic E-state index is 0.419. The number of aromatic hydroxyl groups is 1. The lowest BCUT2D eigenvalue weighted by Crippen LogP contribution is -1.94. The second-order valence-electron chi connectivity index (χ2n) is 7.44. The van der Waals surface area contributed by atoms with Crippen molar-refractivity contribution in [2.24, 2.45) is 5.92 Å². The summed E-state index contributed by atoms with van der Waals surface area (Å²) in [7, 11) is 0. The standard InChI is InChI=1S/C22H29NO/c1-15(2)10-6-4-5-7-11-17-16(3)21(24)14-19-18-12-8-9-13-20(18)23-22(17)19/h8-9,12-15,23-24H,4-7,10-11H2,1-3H3. The third-order valence-corrected chi connectivity index (χ3v) is 5.12. The molecule has 2 nitrogen and oxygen atoms in total. The minimum Gasteiger partial charge on any atom is -0.508 e. The Hall–Kier alpha value is -1.96. The number of aromatic nitrogens is 1. The molecule has 3 rings (SSSR count). The van der Waals surface area contributed by atoms with Crippen LogP contribution in [0.15, 0.2) is 30.3 Å². The molecule has 0 fully saturated rings. The number of H-pyrrole nitrogens is 1. The molecule has 24 heavy (non-hydrogen) atoms. The van der Waals surface area contributed by atoms with Gasteiger partial charge in [-0.15, -0.1) is 0 Å². The zero-order chi connectivity index (χ0) is 17.1. The van der Waals surface area contributed by atoms with Crippen LogP contribution < -0.4 is 0 Å². The predicted molar refractivity (Wildman–Crippen MR) is 104 cm³/mol. The van der Waals surface area contributed by atoms with Gasteiger partial charge in [-0.05, 0) is 48.9 Å². The van der Waals surface area contributed by atoms with Crippen LogP contribution in [0, 0.1) is 12.8 Å². The fraction of sp³-hybridized carbons (Fsp3) is 0.455. The highest BCUT2D eigenvalue weighted by atomic mass is 16.3. The van der Waals surface area contributed by atoms with Crippen molar-refractivity contribution in [3.63, 3.8) is 0 Å². The SMILES string of the molecule is Cc1c(O)cc2c([nH]c3ccccc32)c1CCCCCCC(C)C. The van der Waals surface area contributed by atoms with Gasteiger partial charge in [-0.2, -0.15) is 0 Å². The summed E-state index contributed by atoms with van der Waals surface area (Å²) in [6, 6.07) is 10.3. The van der Waals surface area contributed by atoms with Gasteiger partial charge in [0.15, 0.2) is 0 Å². The van der Waals surface area contributed by atoms with E-state index in [4.69, 9.17) is 0 Å². The Morgan fingerprint density at radius 3 is 2.54 bits per heavy atom. The van der Waals surface area contributed by atoms with Gasteiger partial charge in [-0.25, -0.2) is 0 Å². The van der Waals surface area contributed by atoms with Crippen molar-refractivity contribution in [1.29, 1.82) is 0 Å². The molecule has 2 aromatic carbocycles. The number of nitrogens with one attached hydrogen (secondary N) is 1. The summed E-state index contributed by atoms with van der Waals surface area (Å²) in [6.07, 6.45) is 7.46. The first-order valence-corrected chi connectivity index (χ1v) is 9.29. The number of hydrogen-bond donors (Lipinski definition) is 2. The fourth-order valence-corrected chi connectivity index (χ4v) is 3.66. The Bertz CT molecular complexity index is 829. The van der Waals surface area contributed by atoms with Crippen molar-refractivity contribution in [2.75, 3.05) is 0 Å². The summed E-state index contributed by atoms with van der Waals surface area (Å²) in [4.78, 5) is 3.57. The molecule has 0 aliphatic carbocycles. The fourth-order valence-electron chi connectivity index (χ4n) is 3.66. The van der Waals surface area contributed by atoms with Crippen molar-refractivity contribution in [3.8, 4) is 5.75 Å². The Morgan fingerprint density at radius 1 is 1.00 bits per heavy atom. The highest BCUT2D eigenvalue weighted by Crippen LogP contribution is 2.35. The topological polar surface area (TPSA) is 36.0 Å². The summed E-state index contributed by atoms with van der Waals surface area (Å²) in [5, 5.41) is 12.7. The second-order valence-corrected chi connectivity index (χ2v) is 7.44. The maximum Gasteiger partial charge on any atom is 0.119 e. The number of para-hydroxylation sites is 1. The number of rotatable bonds is 7. The highest BCUT2D eigenvalue weighted by molar-refractivity contribution is 6.09. The summed E-state index contributed by atoms with van der Waals surface area (Å²) in [5.74, 6) is 1.23. The van der Waals surface area contributed by atoms with Crippen molar-refractivity contribution < 1.29 is 5.11 Å². The smallest absolute Gasteiger partial charge is 0.119 e. The van der Waals surface area contributed by atoms with Crippen molar-refractivity contribution in [1.82, 2.24) is 4.98 Å². The van der Waals surface area contributed by atoms with Gasteiger partial charge >= 0.3 is 0 Å². The van der Waals surface area contributed by atoms with E-state index >= 15 is 0 Å². The van der Waals surface area contributed by atoms with Gasteiger partial charge < -0.3 is 10.1 Å². The van der Waals surface area contributed by atoms with E-state index in [0.717, 1.165) is 28.8 Å². The Balaban J connectivity index is 1.80. The van der Waals surface area contributed by atoms with Crippen molar-refractivity contribution in [3.05, 3.63) is 41.5 Å². The second kappa shape index (κ2) is 7.29. The highest BCUT2D eigenvalue weighted by Gasteiger charge is 2.13. The van der Waals surface area contributed by atoms with Gasteiger partial charge in [0.05, 0.1) is 5.52 Å². The Labute approximate surface area is 144 Å². The predicted octanol–water partition coefficient (Wildman–Crippen LogP) is 6.48. The average molecular weight is 323 g/mol. The average Bonchev–Trinajstić information content (AvgIpc) is 2.92. The van der Waals surface area contributed by atoms with Crippen LogP contribution in [0.5, 0.6) is 5.75 Å². The van der Waals surface area contributed by atoms with Crippen LogP contribution in [0.25, 0.3) is 21.8 Å². The Kier molecular flexibility index (Phi) is 5.13. The quantitative estimate of drug-likeness (QED) is 0.479. The molecule has 0 aliphatic heterocycles. The van der Waals surface area contributed by atoms with Gasteiger partial charge in [0, 0.05) is 16.3 Å². The van der Waals surface area contributed by atoms with E-state index in [1.807, 2.05) is 13.0 Å². The summed E-state index contributed by atoms with van der Waals surface area (Å²) in [6.45, 7) is 6.62. The molecule has 0 radical (unpaired) electrons. The van der Waals surface area contributed by atoms with E-state index < -0.39 is 0 Å². The van der Waals surface area contributed by atoms with Crippen LogP contribution in [0.4, 0.5) is 0 Å². The molecule has 0 amide bonds. The molecule has 0 saturated carbocycles. The van der Waals surface area contributed by atoms with Crippen LogP contribution in [0.2, 0.25) is 0 Å². The van der Waals surface area contributed by atoms with Crippen LogP contribution in [-0.4, -0.2) is 10.1 Å². The molecule has 2 N–H and O–H groups in total. The lowest BCUT2D eigenvalue weighted by Gasteiger charge is -2.10. The first kappa shape index (κ1) is 16.9. The molecule has 0 bridgehead atoms. The molecular weight excluding hydrogens is 294 g/mol. The molecule has 0 atom stereocenters. The van der Waals surface area contributed by atoms with Crippen LogP contribution in [0.1, 0.15) is 57.1 Å². The van der Waals surface area contributed by atoms with Crippen LogP contribution >= 0.6 is 0 Å². The number of phenolic OH excluding ortho intramolecular Hbond substituents is 1. The monoisotopic (exact) mass is 323 g/mol. The van der Waals surface area contributed by atoms with Gasteiger partial charge in [0.25, 0.3) is 0 Å². The normalized spacial score (nSPS) is 11.8. The largest absolute Gasteiger partial charge is 0.508 e. The molecule has 0 saturated heterocycles. The maximum absolute atomic E-state index is 10.4. The van der Waals surface area contributed by atoms with Gasteiger partial charge in [-0.3, -0.25) is 0 Å². The third-order valence-electron chi connectivity index (χ3n) is 5.12. The number of unbranched alkanes of at least 4 members (excludes halogenated alkanes) is 3. The van der Waals surface area contributed by atoms with E-state index in [-0.39, 0.29) is 0 Å². The van der Waals surface area contributed by atoms with Crippen LogP contribution in [-0.2, 0) is 6.42 Å². The molecule has 2 heteroatoms. The molecular formula is C22H29NO. The lowest BCUT2D eigenvalue weighted by molar-refractivity contribution is 0.470. The summed E-state index contributed by atoms with van der Waals surface area (Å²) >= 11 is 0. The molecule has 0 spiro atoms. The van der Waals surface area contributed by atoms with E-state index in [0.29, 0.717) is 5.75 Å². The number of phenols is 1. The van der Waals surface area contributed by atoms with Gasteiger partial charge in [0.2, 0.25) is 0 Å². The zero-order valence-electron chi connectivity index (χ0n) is 15.2. The first-order valence-electron chi connectivity index (χ1n) is 9.29. The van der Waals surface area contributed by atoms with E-state index in [1.165, 1.54) is 48.6 Å². The number of benzene rings is 2. The van der Waals surface area contributed by atoms with E-state index in [1.54, 1.807) is 0 Å². The molecule has 1 heterocycles. The number of aryl methyl sites for hydroxylation is 1. The summed E-state index contributed by atoms with van der Waals surface area (Å²) in [5.41, 5.74) is 4.66. The summed E-state index contributed by atoms with van der Waals surface area (Å²) < 4.78 is 0. The molecule has 0 aliphatic rings. The molecule has 3 aromatic rings. The van der Waals surface area contributed by atoms with E-state index in [9.17, 15) is 5.11 Å². The minimum absolute atomic E-state index is 0.419. The lowest BCUT2D eigenvalue weighted by atomic mass is 9.97. The van der Waals surface area contributed by atoms with Crippen molar-refractivity contribution in [2.45, 2.75) is 59.3 Å². The number of hydrogen-bond acceptors (Lipinski definition) is 1. The zero-order valence-corrected chi connectivity index (χ0v) is 15.2. The molecule has 1 aromatic heterocycles. The Morgan fingerprint density at radius 2 is 1.75 bits per heavy atom. The van der Waals surface area contributed by atoms with Crippen LogP contribution in [0.3, 0.4) is 0 Å². The van der Waals surface area contributed by atoms with Crippen molar-refractivity contribution >= 4 is 21.8 Å². The molecule has 0 unspecified atom stereocenters. The number of fused-ring (bicyclic) bond motifs is 3. The third kappa shape index (κ3) is 3.43. The van der Waals surface area contributed by atoms with Gasteiger partial charge in [-0.1, -0.05) is 57.7 Å². The maximum atomic E-state index is 10.4. The number of aromatic amines is 1. The van der Waals surface area contributed by atoms with Gasteiger partial charge in [0.1, 0.15) is 5.75 Å². The molecule has 128 valence electrons.